The third-order valence-electron chi connectivity index (χ3n) is 5.11. The number of hydrogen-bond donors (Lipinski definition) is 1. The van der Waals surface area contributed by atoms with Crippen LogP contribution in [0.4, 0.5) is 16.7 Å². The molecule has 10 nitrogen and oxygen atoms in total. The molecule has 1 saturated heterocycles. The minimum Gasteiger partial charge on any atom is -0.461 e. The van der Waals surface area contributed by atoms with Gasteiger partial charge in [-0.25, -0.2) is 14.7 Å². The van der Waals surface area contributed by atoms with Crippen molar-refractivity contribution in [2.45, 2.75) is 52.3 Å². The van der Waals surface area contributed by atoms with E-state index in [4.69, 9.17) is 21.1 Å². The van der Waals surface area contributed by atoms with Crippen LogP contribution in [0.5, 0.6) is 6.01 Å². The molecule has 1 amide bonds. The standard InChI is InChI=1S/C22H26ClN7O3/c1-5-16-11-32-22(31)30(16)20-26-19(27-21(28-20)33-13(2)3)25-14(4)18-10-29(12-24-18)17-8-6-15(23)7-9-17/h6-10,12-14,16H,5,11H2,1-4H3,(H,25,26,27,28)/t14-,16-/m0/s1. The van der Waals surface area contributed by atoms with Gasteiger partial charge in [-0.15, -0.1) is 0 Å². The molecule has 33 heavy (non-hydrogen) atoms. The van der Waals surface area contributed by atoms with Crippen molar-refractivity contribution in [2.75, 3.05) is 16.8 Å². The predicted molar refractivity (Wildman–Crippen MR) is 124 cm³/mol. The highest BCUT2D eigenvalue weighted by Crippen LogP contribution is 2.26. The zero-order chi connectivity index (χ0) is 23.5. The maximum atomic E-state index is 12.3. The molecule has 0 spiro atoms. The second kappa shape index (κ2) is 9.62. The lowest BCUT2D eigenvalue weighted by molar-refractivity contribution is 0.178. The van der Waals surface area contributed by atoms with Crippen molar-refractivity contribution in [1.82, 2.24) is 24.5 Å². The van der Waals surface area contributed by atoms with Crippen LogP contribution in [0, 0.1) is 0 Å². The smallest absolute Gasteiger partial charge is 0.417 e. The van der Waals surface area contributed by atoms with E-state index in [0.717, 1.165) is 11.4 Å². The number of aromatic nitrogens is 5. The highest BCUT2D eigenvalue weighted by molar-refractivity contribution is 6.30. The summed E-state index contributed by atoms with van der Waals surface area (Å²) in [6, 6.07) is 7.24. The molecule has 11 heteroatoms. The molecule has 1 aromatic carbocycles. The van der Waals surface area contributed by atoms with Gasteiger partial charge in [-0.3, -0.25) is 0 Å². The second-order valence-electron chi connectivity index (χ2n) is 7.97. The quantitative estimate of drug-likeness (QED) is 0.514. The topological polar surface area (TPSA) is 107 Å². The van der Waals surface area contributed by atoms with Crippen molar-refractivity contribution in [3.63, 3.8) is 0 Å². The van der Waals surface area contributed by atoms with Crippen LogP contribution >= 0.6 is 11.6 Å². The Morgan fingerprint density at radius 1 is 1.21 bits per heavy atom. The van der Waals surface area contributed by atoms with Crippen molar-refractivity contribution >= 4 is 29.6 Å². The molecule has 174 valence electrons. The number of carbonyl (C=O) groups excluding carboxylic acids is 1. The Morgan fingerprint density at radius 2 is 1.97 bits per heavy atom. The fourth-order valence-electron chi connectivity index (χ4n) is 3.37. The van der Waals surface area contributed by atoms with Crippen LogP contribution in [0.3, 0.4) is 0 Å². The Hall–Kier alpha value is -3.40. The largest absolute Gasteiger partial charge is 0.461 e. The maximum Gasteiger partial charge on any atom is 0.417 e. The number of carbonyl (C=O) groups is 1. The van der Waals surface area contributed by atoms with E-state index in [1.807, 2.05) is 62.7 Å². The number of nitrogens with one attached hydrogen (secondary N) is 1. The first-order valence-corrected chi connectivity index (χ1v) is 11.2. The predicted octanol–water partition coefficient (Wildman–Crippen LogP) is 4.41. The van der Waals surface area contributed by atoms with Gasteiger partial charge in [0.2, 0.25) is 11.9 Å². The van der Waals surface area contributed by atoms with Gasteiger partial charge in [0.25, 0.3) is 0 Å². The summed E-state index contributed by atoms with van der Waals surface area (Å²) in [6.45, 7) is 7.97. The number of imidazole rings is 1. The molecule has 4 rings (SSSR count). The Bertz CT molecular complexity index is 1120. The van der Waals surface area contributed by atoms with E-state index in [1.54, 1.807) is 6.33 Å². The van der Waals surface area contributed by atoms with E-state index in [9.17, 15) is 4.79 Å². The molecular weight excluding hydrogens is 446 g/mol. The normalized spacial score (nSPS) is 16.7. The summed E-state index contributed by atoms with van der Waals surface area (Å²) < 4.78 is 12.8. The van der Waals surface area contributed by atoms with Gasteiger partial charge in [0.1, 0.15) is 6.61 Å². The summed E-state index contributed by atoms with van der Waals surface area (Å²) in [5.41, 5.74) is 1.73. The number of nitrogens with zero attached hydrogens (tertiary/aromatic N) is 6. The van der Waals surface area contributed by atoms with E-state index < -0.39 is 6.09 Å². The number of cyclic esters (lactones) is 1. The van der Waals surface area contributed by atoms with Crippen LogP contribution in [0.1, 0.15) is 45.9 Å². The van der Waals surface area contributed by atoms with E-state index in [1.165, 1.54) is 4.90 Å². The zero-order valence-electron chi connectivity index (χ0n) is 18.9. The molecule has 1 aliphatic rings. The highest BCUT2D eigenvalue weighted by atomic mass is 35.5. The summed E-state index contributed by atoms with van der Waals surface area (Å²) in [7, 11) is 0. The van der Waals surface area contributed by atoms with Crippen LogP contribution in [0.15, 0.2) is 36.8 Å². The van der Waals surface area contributed by atoms with Gasteiger partial charge < -0.3 is 19.4 Å². The summed E-state index contributed by atoms with van der Waals surface area (Å²) >= 11 is 5.98. The van der Waals surface area contributed by atoms with E-state index >= 15 is 0 Å². The van der Waals surface area contributed by atoms with Gasteiger partial charge >= 0.3 is 12.1 Å². The Balaban J connectivity index is 1.59. The summed E-state index contributed by atoms with van der Waals surface area (Å²) in [5.74, 6) is 0.468. The van der Waals surface area contributed by atoms with Crippen molar-refractivity contribution in [2.24, 2.45) is 0 Å². The maximum absolute atomic E-state index is 12.3. The number of hydrogen-bond acceptors (Lipinski definition) is 8. The van der Waals surface area contributed by atoms with E-state index in [0.29, 0.717) is 18.1 Å². The molecule has 1 aliphatic heterocycles. The van der Waals surface area contributed by atoms with Crippen LogP contribution in [-0.2, 0) is 4.74 Å². The zero-order valence-corrected chi connectivity index (χ0v) is 19.7. The number of rotatable bonds is 8. The van der Waals surface area contributed by atoms with E-state index in [-0.39, 0.29) is 36.1 Å². The van der Waals surface area contributed by atoms with Crippen molar-refractivity contribution in [1.29, 1.82) is 0 Å². The van der Waals surface area contributed by atoms with Crippen molar-refractivity contribution in [3.8, 4) is 11.7 Å². The molecule has 3 heterocycles. The van der Waals surface area contributed by atoms with Crippen LogP contribution < -0.4 is 15.0 Å². The third-order valence-corrected chi connectivity index (χ3v) is 5.36. The first kappa shape index (κ1) is 22.8. The Kier molecular flexibility index (Phi) is 6.64. The van der Waals surface area contributed by atoms with Gasteiger partial charge in [-0.2, -0.15) is 15.0 Å². The van der Waals surface area contributed by atoms with Crippen LogP contribution in [-0.4, -0.2) is 49.3 Å². The molecule has 1 N–H and O–H groups in total. The first-order chi connectivity index (χ1) is 15.8. The lowest BCUT2D eigenvalue weighted by atomic mass is 10.2. The van der Waals surface area contributed by atoms with Gasteiger partial charge in [-0.05, 0) is 51.5 Å². The number of ether oxygens (including phenoxy) is 2. The number of amides is 1. The lowest BCUT2D eigenvalue weighted by Crippen LogP contribution is -2.34. The number of halogens is 1. The van der Waals surface area contributed by atoms with Gasteiger partial charge in [0.05, 0.1) is 30.2 Å². The van der Waals surface area contributed by atoms with Gasteiger partial charge in [0, 0.05) is 16.9 Å². The average molecular weight is 472 g/mol. The third kappa shape index (κ3) is 5.16. The first-order valence-electron chi connectivity index (χ1n) is 10.8. The molecular formula is C22H26ClN7O3. The Morgan fingerprint density at radius 3 is 2.67 bits per heavy atom. The molecule has 3 aromatic rings. The number of benzene rings is 1. The van der Waals surface area contributed by atoms with Gasteiger partial charge in [-0.1, -0.05) is 18.5 Å². The van der Waals surface area contributed by atoms with Crippen molar-refractivity contribution in [3.05, 3.63) is 47.5 Å². The molecule has 2 aromatic heterocycles. The minimum atomic E-state index is -0.482. The molecule has 0 aliphatic carbocycles. The summed E-state index contributed by atoms with van der Waals surface area (Å²) in [4.78, 5) is 31.5. The second-order valence-corrected chi connectivity index (χ2v) is 8.40. The van der Waals surface area contributed by atoms with E-state index in [2.05, 4.69) is 25.3 Å². The average Bonchev–Trinajstić information content (AvgIpc) is 3.40. The molecule has 1 fully saturated rings. The fraction of sp³-hybridized carbons (Fsp3) is 0.409. The molecule has 2 atom stereocenters. The minimum absolute atomic E-state index is 0.131. The van der Waals surface area contributed by atoms with Gasteiger partial charge in [0.15, 0.2) is 0 Å². The molecule has 0 bridgehead atoms. The van der Waals surface area contributed by atoms with Crippen LogP contribution in [0.25, 0.3) is 5.69 Å². The SMILES string of the molecule is CC[C@H]1COC(=O)N1c1nc(N[C@@H](C)c2cn(-c3ccc(Cl)cc3)cn2)nc(OC(C)C)n1. The molecule has 0 radical (unpaired) electrons. The highest BCUT2D eigenvalue weighted by Gasteiger charge is 2.36. The molecule has 0 unspecified atom stereocenters. The Labute approximate surface area is 196 Å². The lowest BCUT2D eigenvalue weighted by Gasteiger charge is -2.20. The summed E-state index contributed by atoms with van der Waals surface area (Å²) in [5, 5.41) is 3.91. The molecule has 0 saturated carbocycles. The monoisotopic (exact) mass is 471 g/mol. The summed E-state index contributed by atoms with van der Waals surface area (Å²) in [6.07, 6.45) is 3.73. The van der Waals surface area contributed by atoms with Crippen LogP contribution in [0.2, 0.25) is 5.02 Å². The number of anilines is 2. The van der Waals surface area contributed by atoms with Crippen molar-refractivity contribution < 1.29 is 14.3 Å². The fourth-order valence-corrected chi connectivity index (χ4v) is 3.50.